The Balaban J connectivity index is 1.93. The van der Waals surface area contributed by atoms with Crippen LogP contribution < -0.4 is 0 Å². The predicted molar refractivity (Wildman–Crippen MR) is 63.3 cm³/mol. The van der Waals surface area contributed by atoms with E-state index in [1.165, 1.54) is 4.90 Å². The maximum atomic E-state index is 12.6. The highest BCUT2D eigenvalue weighted by atomic mass is 19.4. The Kier molecular flexibility index (Phi) is 3.90. The number of hydrogen-bond acceptors (Lipinski definition) is 2. The summed E-state index contributed by atoms with van der Waals surface area (Å²) in [6.45, 7) is -0.0376. The molecule has 0 aromatic rings. The topological polar surface area (TPSA) is 40.5 Å². The van der Waals surface area contributed by atoms with Gasteiger partial charge in [-0.25, -0.2) is 0 Å². The molecule has 3 nitrogen and oxygen atoms in total. The molecule has 2 rings (SSSR count). The molecule has 1 N–H and O–H groups in total. The third-order valence-corrected chi connectivity index (χ3v) is 4.05. The van der Waals surface area contributed by atoms with Gasteiger partial charge in [0.05, 0.1) is 0 Å². The first kappa shape index (κ1) is 14.4. The zero-order valence-electron chi connectivity index (χ0n) is 10.6. The first-order chi connectivity index (χ1) is 8.83. The van der Waals surface area contributed by atoms with Gasteiger partial charge in [0.15, 0.2) is 5.60 Å². The lowest BCUT2D eigenvalue weighted by Crippen LogP contribution is -2.55. The van der Waals surface area contributed by atoms with Crippen molar-refractivity contribution in [2.45, 2.75) is 43.9 Å². The fraction of sp³-hybridized carbons (Fsp3) is 0.769. The van der Waals surface area contributed by atoms with Gasteiger partial charge in [-0.1, -0.05) is 12.2 Å². The van der Waals surface area contributed by atoms with Crippen molar-refractivity contribution < 1.29 is 23.1 Å². The van der Waals surface area contributed by atoms with Crippen LogP contribution in [-0.4, -0.2) is 40.8 Å². The second-order valence-electron chi connectivity index (χ2n) is 5.34. The Morgan fingerprint density at radius 3 is 2.37 bits per heavy atom. The molecule has 108 valence electrons. The molecule has 0 unspecified atom stereocenters. The van der Waals surface area contributed by atoms with Crippen LogP contribution in [0, 0.1) is 5.92 Å². The predicted octanol–water partition coefficient (Wildman–Crippen LogP) is 2.26. The Morgan fingerprint density at radius 1 is 1.26 bits per heavy atom. The van der Waals surface area contributed by atoms with Crippen LogP contribution in [0.3, 0.4) is 0 Å². The molecular formula is C13H18F3NO2. The van der Waals surface area contributed by atoms with Gasteiger partial charge >= 0.3 is 6.18 Å². The summed E-state index contributed by atoms with van der Waals surface area (Å²) in [5.41, 5.74) is -2.63. The molecule has 0 aromatic carbocycles. The van der Waals surface area contributed by atoms with E-state index in [2.05, 4.69) is 0 Å². The van der Waals surface area contributed by atoms with Crippen LogP contribution in [0.1, 0.15) is 32.1 Å². The van der Waals surface area contributed by atoms with Gasteiger partial charge in [-0.15, -0.1) is 0 Å². The molecule has 0 aromatic heterocycles. The molecule has 6 heteroatoms. The highest BCUT2D eigenvalue weighted by Gasteiger charge is 2.55. The number of nitrogens with zero attached hydrogens (tertiary/aromatic N) is 1. The van der Waals surface area contributed by atoms with E-state index in [1.54, 1.807) is 0 Å². The molecule has 1 aliphatic carbocycles. The average molecular weight is 277 g/mol. The highest BCUT2D eigenvalue weighted by Crippen LogP contribution is 2.38. The lowest BCUT2D eigenvalue weighted by Gasteiger charge is -2.40. The van der Waals surface area contributed by atoms with Gasteiger partial charge in [0, 0.05) is 31.8 Å². The maximum Gasteiger partial charge on any atom is 0.417 e. The zero-order valence-corrected chi connectivity index (χ0v) is 10.6. The van der Waals surface area contributed by atoms with Gasteiger partial charge in [-0.05, 0) is 19.3 Å². The van der Waals surface area contributed by atoms with Crippen LogP contribution in [-0.2, 0) is 4.79 Å². The lowest BCUT2D eigenvalue weighted by atomic mass is 9.88. The third-order valence-electron chi connectivity index (χ3n) is 4.05. The summed E-state index contributed by atoms with van der Waals surface area (Å²) in [5, 5.41) is 9.54. The van der Waals surface area contributed by atoms with Crippen molar-refractivity contribution >= 4 is 5.91 Å². The minimum absolute atomic E-state index is 0.0188. The molecule has 1 atom stereocenters. The average Bonchev–Trinajstić information content (AvgIpc) is 2.39. The number of carbonyl (C=O) groups is 1. The van der Waals surface area contributed by atoms with E-state index >= 15 is 0 Å². The van der Waals surface area contributed by atoms with Crippen LogP contribution in [0.2, 0.25) is 0 Å². The van der Waals surface area contributed by atoms with Crippen molar-refractivity contribution in [3.05, 3.63) is 12.2 Å². The summed E-state index contributed by atoms with van der Waals surface area (Å²) in [6.07, 6.45) is 0.765. The second-order valence-corrected chi connectivity index (χ2v) is 5.34. The number of aliphatic hydroxyl groups is 1. The molecule has 0 spiro atoms. The summed E-state index contributed by atoms with van der Waals surface area (Å²) in [4.78, 5) is 13.6. The lowest BCUT2D eigenvalue weighted by molar-refractivity contribution is -0.272. The van der Waals surface area contributed by atoms with Crippen molar-refractivity contribution in [2.75, 3.05) is 13.1 Å². The van der Waals surface area contributed by atoms with Crippen LogP contribution in [0.15, 0.2) is 12.2 Å². The van der Waals surface area contributed by atoms with Gasteiger partial charge in [0.25, 0.3) is 0 Å². The van der Waals surface area contributed by atoms with E-state index in [9.17, 15) is 23.1 Å². The second kappa shape index (κ2) is 5.15. The quantitative estimate of drug-likeness (QED) is 0.747. The molecule has 1 heterocycles. The van der Waals surface area contributed by atoms with E-state index < -0.39 is 24.6 Å². The Labute approximate surface area is 110 Å². The summed E-state index contributed by atoms with van der Waals surface area (Å²) in [7, 11) is 0. The summed E-state index contributed by atoms with van der Waals surface area (Å²) < 4.78 is 37.9. The largest absolute Gasteiger partial charge is 0.417 e. The normalized spacial score (nSPS) is 27.4. The van der Waals surface area contributed by atoms with Gasteiger partial charge in [0.1, 0.15) is 0 Å². The molecule has 0 radical (unpaired) electrons. The number of likely N-dealkylation sites (tertiary alicyclic amines) is 1. The van der Waals surface area contributed by atoms with Crippen molar-refractivity contribution in [1.29, 1.82) is 0 Å². The van der Waals surface area contributed by atoms with Gasteiger partial charge < -0.3 is 10.0 Å². The molecule has 1 fully saturated rings. The number of halogens is 3. The molecule has 1 amide bonds. The zero-order chi connectivity index (χ0) is 14.1. The first-order valence-corrected chi connectivity index (χ1v) is 6.56. The number of rotatable bonds is 1. The summed E-state index contributed by atoms with van der Waals surface area (Å²) in [6, 6.07) is 0. The number of carbonyl (C=O) groups excluding carboxylic acids is 1. The standard InChI is InChI=1S/C13H18F3NO2/c14-13(15,16)12(19)6-8-17(9-7-12)11(18)10-4-2-1-3-5-10/h1-2,10,19H,3-9H2/t10-/m0/s1. The fourth-order valence-electron chi connectivity index (χ4n) is 2.66. The van der Waals surface area contributed by atoms with Gasteiger partial charge in [0.2, 0.25) is 5.91 Å². The van der Waals surface area contributed by atoms with E-state index in [-0.39, 0.29) is 24.9 Å². The first-order valence-electron chi connectivity index (χ1n) is 6.56. The van der Waals surface area contributed by atoms with Crippen molar-refractivity contribution in [2.24, 2.45) is 5.92 Å². The number of amides is 1. The van der Waals surface area contributed by atoms with Crippen LogP contribution in [0.25, 0.3) is 0 Å². The molecule has 0 bridgehead atoms. The molecule has 19 heavy (non-hydrogen) atoms. The number of allylic oxidation sites excluding steroid dienone is 2. The van der Waals surface area contributed by atoms with Gasteiger partial charge in [-0.2, -0.15) is 13.2 Å². The third kappa shape index (κ3) is 2.94. The Bertz CT molecular complexity index is 371. The molecular weight excluding hydrogens is 259 g/mol. The minimum atomic E-state index is -4.62. The van der Waals surface area contributed by atoms with Crippen LogP contribution >= 0.6 is 0 Å². The molecule has 1 saturated heterocycles. The van der Waals surface area contributed by atoms with E-state index in [0.29, 0.717) is 6.42 Å². The SMILES string of the molecule is O=C([C@H]1CC=CCC1)N1CCC(O)(C(F)(F)F)CC1. The monoisotopic (exact) mass is 277 g/mol. The van der Waals surface area contributed by atoms with E-state index in [1.807, 2.05) is 12.2 Å². The van der Waals surface area contributed by atoms with E-state index in [4.69, 9.17) is 0 Å². The minimum Gasteiger partial charge on any atom is -0.380 e. The summed E-state index contributed by atoms with van der Waals surface area (Å²) >= 11 is 0. The molecule has 0 saturated carbocycles. The van der Waals surface area contributed by atoms with Crippen molar-refractivity contribution in [3.63, 3.8) is 0 Å². The Morgan fingerprint density at radius 2 is 1.89 bits per heavy atom. The number of alkyl halides is 3. The highest BCUT2D eigenvalue weighted by molar-refractivity contribution is 5.79. The smallest absolute Gasteiger partial charge is 0.380 e. The number of piperidine rings is 1. The maximum absolute atomic E-state index is 12.6. The molecule has 1 aliphatic heterocycles. The summed E-state index contributed by atoms with van der Waals surface area (Å²) in [5.74, 6) is -0.185. The number of hydrogen-bond donors (Lipinski definition) is 1. The van der Waals surface area contributed by atoms with Crippen molar-refractivity contribution in [1.82, 2.24) is 4.90 Å². The van der Waals surface area contributed by atoms with Crippen LogP contribution in [0.4, 0.5) is 13.2 Å². The van der Waals surface area contributed by atoms with Crippen molar-refractivity contribution in [3.8, 4) is 0 Å². The van der Waals surface area contributed by atoms with Gasteiger partial charge in [-0.3, -0.25) is 4.79 Å². The Hall–Kier alpha value is -1.04. The molecule has 2 aliphatic rings. The van der Waals surface area contributed by atoms with E-state index in [0.717, 1.165) is 12.8 Å². The fourth-order valence-corrected chi connectivity index (χ4v) is 2.66. The van der Waals surface area contributed by atoms with Crippen LogP contribution in [0.5, 0.6) is 0 Å².